The van der Waals surface area contributed by atoms with Crippen LogP contribution in [0.3, 0.4) is 0 Å². The molecule has 2 aromatic carbocycles. The maximum absolute atomic E-state index is 12.2. The highest BCUT2D eigenvalue weighted by Gasteiger charge is 2.14. The minimum Gasteiger partial charge on any atom is -0.486 e. The van der Waals surface area contributed by atoms with Gasteiger partial charge < -0.3 is 19.7 Å². The monoisotopic (exact) mass is 346 g/mol. The average molecular weight is 347 g/mol. The fourth-order valence-corrected chi connectivity index (χ4v) is 2.70. The molecule has 0 saturated heterocycles. The number of hydrogen-bond donors (Lipinski definition) is 1. The van der Waals surface area contributed by atoms with E-state index < -0.39 is 0 Å². The maximum Gasteiger partial charge on any atom is 0.317 e. The van der Waals surface area contributed by atoms with Crippen molar-refractivity contribution in [2.45, 2.75) is 13.1 Å². The number of halogens is 1. The van der Waals surface area contributed by atoms with Gasteiger partial charge in [-0.1, -0.05) is 29.8 Å². The van der Waals surface area contributed by atoms with Gasteiger partial charge in [0, 0.05) is 25.2 Å². The lowest BCUT2D eigenvalue weighted by atomic mass is 10.2. The molecule has 5 nitrogen and oxygen atoms in total. The van der Waals surface area contributed by atoms with Crippen LogP contribution < -0.4 is 14.8 Å². The third kappa shape index (κ3) is 4.11. The molecule has 0 aromatic heterocycles. The van der Waals surface area contributed by atoms with Gasteiger partial charge >= 0.3 is 6.03 Å². The van der Waals surface area contributed by atoms with E-state index in [1.165, 1.54) is 0 Å². The van der Waals surface area contributed by atoms with Crippen LogP contribution in [0.2, 0.25) is 5.02 Å². The standard InChI is InChI=1S/C18H19ClN2O3/c1-21(18(22)20-11-13-3-2-4-15(19)9-13)12-14-5-6-16-17(10-14)24-8-7-23-16/h2-6,9-10H,7-8,11-12H2,1H3,(H,20,22). The molecule has 1 aliphatic heterocycles. The van der Waals surface area contributed by atoms with E-state index in [1.807, 2.05) is 36.4 Å². The first kappa shape index (κ1) is 16.5. The number of benzene rings is 2. The number of hydrogen-bond acceptors (Lipinski definition) is 3. The first-order chi connectivity index (χ1) is 11.6. The summed E-state index contributed by atoms with van der Waals surface area (Å²) in [6.07, 6.45) is 0. The zero-order valence-corrected chi connectivity index (χ0v) is 14.2. The predicted octanol–water partition coefficient (Wildman–Crippen LogP) is 3.45. The van der Waals surface area contributed by atoms with E-state index in [0.29, 0.717) is 31.3 Å². The zero-order chi connectivity index (χ0) is 16.9. The predicted molar refractivity (Wildman–Crippen MR) is 92.6 cm³/mol. The lowest BCUT2D eigenvalue weighted by Crippen LogP contribution is -2.36. The van der Waals surface area contributed by atoms with Gasteiger partial charge in [-0.25, -0.2) is 4.79 Å². The van der Waals surface area contributed by atoms with Crippen molar-refractivity contribution >= 4 is 17.6 Å². The van der Waals surface area contributed by atoms with Crippen LogP contribution in [0.1, 0.15) is 11.1 Å². The summed E-state index contributed by atoms with van der Waals surface area (Å²) in [6, 6.07) is 13.0. The molecule has 126 valence electrons. The fourth-order valence-electron chi connectivity index (χ4n) is 2.49. The van der Waals surface area contributed by atoms with Crippen LogP contribution in [0.15, 0.2) is 42.5 Å². The van der Waals surface area contributed by atoms with Gasteiger partial charge in [-0.2, -0.15) is 0 Å². The summed E-state index contributed by atoms with van der Waals surface area (Å²) in [5.74, 6) is 1.48. The molecule has 0 spiro atoms. The third-order valence-electron chi connectivity index (χ3n) is 3.71. The Morgan fingerprint density at radius 1 is 1.12 bits per heavy atom. The Morgan fingerprint density at radius 3 is 2.71 bits per heavy atom. The van der Waals surface area contributed by atoms with Gasteiger partial charge in [0.15, 0.2) is 11.5 Å². The molecule has 0 atom stereocenters. The molecular weight excluding hydrogens is 328 g/mol. The molecule has 1 heterocycles. The first-order valence-corrected chi connectivity index (χ1v) is 8.11. The van der Waals surface area contributed by atoms with Crippen molar-refractivity contribution in [3.05, 3.63) is 58.6 Å². The average Bonchev–Trinajstić information content (AvgIpc) is 2.59. The van der Waals surface area contributed by atoms with E-state index in [0.717, 1.165) is 22.6 Å². The number of nitrogens with zero attached hydrogens (tertiary/aromatic N) is 1. The van der Waals surface area contributed by atoms with E-state index in [4.69, 9.17) is 21.1 Å². The Balaban J connectivity index is 1.56. The minimum absolute atomic E-state index is 0.148. The maximum atomic E-state index is 12.2. The number of amides is 2. The first-order valence-electron chi connectivity index (χ1n) is 7.74. The van der Waals surface area contributed by atoms with Gasteiger partial charge in [-0.15, -0.1) is 0 Å². The molecule has 0 fully saturated rings. The van der Waals surface area contributed by atoms with E-state index in [2.05, 4.69) is 5.32 Å². The largest absolute Gasteiger partial charge is 0.486 e. The van der Waals surface area contributed by atoms with Gasteiger partial charge in [0.05, 0.1) is 0 Å². The molecule has 0 aliphatic carbocycles. The molecule has 1 N–H and O–H groups in total. The van der Waals surface area contributed by atoms with E-state index in [-0.39, 0.29) is 6.03 Å². The van der Waals surface area contributed by atoms with Crippen LogP contribution in [0, 0.1) is 0 Å². The molecule has 6 heteroatoms. The Labute approximate surface area is 146 Å². The van der Waals surface area contributed by atoms with Crippen molar-refractivity contribution in [1.82, 2.24) is 10.2 Å². The highest BCUT2D eigenvalue weighted by Crippen LogP contribution is 2.31. The quantitative estimate of drug-likeness (QED) is 0.922. The fraction of sp³-hybridized carbons (Fsp3) is 0.278. The SMILES string of the molecule is CN(Cc1ccc2c(c1)OCCO2)C(=O)NCc1cccc(Cl)c1. The van der Waals surface area contributed by atoms with Gasteiger partial charge in [-0.05, 0) is 35.4 Å². The van der Waals surface area contributed by atoms with Crippen LogP contribution in [-0.2, 0) is 13.1 Å². The number of rotatable bonds is 4. The van der Waals surface area contributed by atoms with Crippen molar-refractivity contribution in [2.75, 3.05) is 20.3 Å². The van der Waals surface area contributed by atoms with Crippen LogP contribution in [0.5, 0.6) is 11.5 Å². The number of fused-ring (bicyclic) bond motifs is 1. The Morgan fingerprint density at radius 2 is 1.92 bits per heavy atom. The van der Waals surface area contributed by atoms with Crippen LogP contribution in [-0.4, -0.2) is 31.2 Å². The van der Waals surface area contributed by atoms with Gasteiger partial charge in [-0.3, -0.25) is 0 Å². The number of carbonyl (C=O) groups is 1. The zero-order valence-electron chi connectivity index (χ0n) is 13.4. The molecule has 2 amide bonds. The molecule has 3 rings (SSSR count). The number of ether oxygens (including phenoxy) is 2. The summed E-state index contributed by atoms with van der Waals surface area (Å²) in [4.78, 5) is 13.8. The topological polar surface area (TPSA) is 50.8 Å². The van der Waals surface area contributed by atoms with Crippen LogP contribution >= 0.6 is 11.6 Å². The van der Waals surface area contributed by atoms with E-state index >= 15 is 0 Å². The normalized spacial score (nSPS) is 12.6. The highest BCUT2D eigenvalue weighted by atomic mass is 35.5. The molecule has 24 heavy (non-hydrogen) atoms. The van der Waals surface area contributed by atoms with E-state index in [1.54, 1.807) is 18.0 Å². The van der Waals surface area contributed by atoms with Crippen molar-refractivity contribution in [3.8, 4) is 11.5 Å². The molecular formula is C18H19ClN2O3. The van der Waals surface area contributed by atoms with Crippen LogP contribution in [0.25, 0.3) is 0 Å². The lowest BCUT2D eigenvalue weighted by molar-refractivity contribution is 0.171. The van der Waals surface area contributed by atoms with Gasteiger partial charge in [0.25, 0.3) is 0 Å². The smallest absolute Gasteiger partial charge is 0.317 e. The van der Waals surface area contributed by atoms with Crippen LogP contribution in [0.4, 0.5) is 4.79 Å². The summed E-state index contributed by atoms with van der Waals surface area (Å²) in [5.41, 5.74) is 1.95. The second kappa shape index (κ2) is 7.45. The molecule has 2 aromatic rings. The summed E-state index contributed by atoms with van der Waals surface area (Å²) >= 11 is 5.94. The Bertz CT molecular complexity index is 736. The van der Waals surface area contributed by atoms with Gasteiger partial charge in [0.1, 0.15) is 13.2 Å². The summed E-state index contributed by atoms with van der Waals surface area (Å²) in [5, 5.41) is 3.54. The summed E-state index contributed by atoms with van der Waals surface area (Å²) < 4.78 is 11.1. The molecule has 0 bridgehead atoms. The van der Waals surface area contributed by atoms with Crippen molar-refractivity contribution in [3.63, 3.8) is 0 Å². The van der Waals surface area contributed by atoms with Crippen molar-refractivity contribution < 1.29 is 14.3 Å². The molecule has 0 radical (unpaired) electrons. The van der Waals surface area contributed by atoms with Crippen molar-refractivity contribution in [1.29, 1.82) is 0 Å². The highest BCUT2D eigenvalue weighted by molar-refractivity contribution is 6.30. The number of nitrogens with one attached hydrogen (secondary N) is 1. The molecule has 0 saturated carbocycles. The second-order valence-corrected chi connectivity index (χ2v) is 6.06. The van der Waals surface area contributed by atoms with E-state index in [9.17, 15) is 4.79 Å². The summed E-state index contributed by atoms with van der Waals surface area (Å²) in [7, 11) is 1.75. The van der Waals surface area contributed by atoms with Gasteiger partial charge in [0.2, 0.25) is 0 Å². The lowest BCUT2D eigenvalue weighted by Gasteiger charge is -2.21. The minimum atomic E-state index is -0.148. The molecule has 1 aliphatic rings. The number of urea groups is 1. The Kier molecular flexibility index (Phi) is 5.11. The third-order valence-corrected chi connectivity index (χ3v) is 3.94. The van der Waals surface area contributed by atoms with Crippen molar-refractivity contribution in [2.24, 2.45) is 0 Å². The number of carbonyl (C=O) groups excluding carboxylic acids is 1. The summed E-state index contributed by atoms with van der Waals surface area (Å²) in [6.45, 7) is 2.04. The second-order valence-electron chi connectivity index (χ2n) is 5.62. The Hall–Kier alpha value is -2.40. The molecule has 0 unspecified atom stereocenters.